The Labute approximate surface area is 92.1 Å². The number of pyridine rings is 1. The van der Waals surface area contributed by atoms with Crippen molar-refractivity contribution in [3.05, 3.63) is 24.0 Å². The maximum absolute atomic E-state index is 11.2. The fourth-order valence-electron chi connectivity index (χ4n) is 0.761. The largest absolute Gasteiger partial charge is 0.399 e. The molecular formula is C8H12ClN3O3. The lowest BCUT2D eigenvalue weighted by molar-refractivity contribution is 0.0360. The van der Waals surface area contributed by atoms with Gasteiger partial charge in [-0.1, -0.05) is 0 Å². The van der Waals surface area contributed by atoms with Crippen LogP contribution in [0.4, 0.5) is 5.69 Å². The van der Waals surface area contributed by atoms with Crippen LogP contribution in [0.25, 0.3) is 0 Å². The zero-order chi connectivity index (χ0) is 11.7. The predicted octanol–water partition coefficient (Wildman–Crippen LogP) is 0.478. The number of nitrogens with one attached hydrogen (secondary N) is 1. The molecule has 0 atom stereocenters. The Bertz CT molecular complexity index is 309. The summed E-state index contributed by atoms with van der Waals surface area (Å²) in [4.78, 5) is 19.7. The number of anilines is 1. The van der Waals surface area contributed by atoms with Gasteiger partial charge in [0, 0.05) is 11.9 Å². The first-order valence-electron chi connectivity index (χ1n) is 4.04. The number of carbonyl (C=O) groups is 1. The Morgan fingerprint density at radius 2 is 2.40 bits per heavy atom. The standard InChI is InChI=1S/C8H11N3O2.ClHO/c1-2-13-11-8(12)7-5-6(9)3-4-10-7;1-2/h3-5H,2H2,1H3,(H2,9,10)(H,11,12);2H. The van der Waals surface area contributed by atoms with Crippen LogP contribution in [-0.4, -0.2) is 22.2 Å². The molecule has 0 bridgehead atoms. The normalized spacial score (nSPS) is 8.73. The molecule has 1 aromatic rings. The van der Waals surface area contributed by atoms with Gasteiger partial charge in [-0.2, -0.15) is 0 Å². The number of halogens is 1. The Morgan fingerprint density at radius 1 is 1.73 bits per heavy atom. The van der Waals surface area contributed by atoms with Crippen LogP contribution in [-0.2, 0) is 4.84 Å². The summed E-state index contributed by atoms with van der Waals surface area (Å²) in [6.45, 7) is 2.18. The first-order valence-corrected chi connectivity index (χ1v) is 4.38. The Kier molecular flexibility index (Phi) is 7.25. The number of nitrogen functional groups attached to an aromatic ring is 1. The molecule has 0 unspecified atom stereocenters. The van der Waals surface area contributed by atoms with Crippen molar-refractivity contribution in [1.82, 2.24) is 10.5 Å². The molecule has 1 rings (SSSR count). The smallest absolute Gasteiger partial charge is 0.293 e. The van der Waals surface area contributed by atoms with Gasteiger partial charge in [0.05, 0.1) is 18.5 Å². The Balaban J connectivity index is 0.000000921. The summed E-state index contributed by atoms with van der Waals surface area (Å²) in [7, 11) is 0. The summed E-state index contributed by atoms with van der Waals surface area (Å²) < 4.78 is 6.47. The van der Waals surface area contributed by atoms with Gasteiger partial charge in [-0.05, 0) is 19.1 Å². The number of amides is 1. The van der Waals surface area contributed by atoms with Crippen LogP contribution >= 0.6 is 11.9 Å². The summed E-state index contributed by atoms with van der Waals surface area (Å²) >= 11 is 3.64. The van der Waals surface area contributed by atoms with Gasteiger partial charge < -0.3 is 5.73 Å². The molecule has 1 aromatic heterocycles. The monoisotopic (exact) mass is 233 g/mol. The molecule has 0 fully saturated rings. The molecule has 0 aliphatic rings. The molecule has 15 heavy (non-hydrogen) atoms. The molecule has 0 saturated carbocycles. The van der Waals surface area contributed by atoms with Crippen LogP contribution in [0.15, 0.2) is 18.3 Å². The zero-order valence-corrected chi connectivity index (χ0v) is 8.86. The average Bonchev–Trinajstić information content (AvgIpc) is 2.28. The van der Waals surface area contributed by atoms with E-state index in [1.807, 2.05) is 0 Å². The number of nitrogens with zero attached hydrogens (tertiary/aromatic N) is 1. The third kappa shape index (κ3) is 5.16. The highest BCUT2D eigenvalue weighted by atomic mass is 35.5. The number of hydrogen-bond acceptors (Lipinski definition) is 5. The molecule has 0 saturated heterocycles. The number of hydroxylamine groups is 1. The fourth-order valence-corrected chi connectivity index (χ4v) is 0.761. The van der Waals surface area contributed by atoms with E-state index in [0.29, 0.717) is 12.3 Å². The lowest BCUT2D eigenvalue weighted by Crippen LogP contribution is -2.24. The van der Waals surface area contributed by atoms with E-state index < -0.39 is 5.91 Å². The number of nitrogens with two attached hydrogens (primary N) is 1. The lowest BCUT2D eigenvalue weighted by atomic mass is 10.3. The number of rotatable bonds is 3. The van der Waals surface area contributed by atoms with Crippen LogP contribution in [0.1, 0.15) is 17.4 Å². The van der Waals surface area contributed by atoms with Crippen molar-refractivity contribution < 1.29 is 14.3 Å². The second-order valence-electron chi connectivity index (χ2n) is 2.34. The second-order valence-corrected chi connectivity index (χ2v) is 2.34. The van der Waals surface area contributed by atoms with Crippen molar-refractivity contribution in [3.8, 4) is 0 Å². The van der Waals surface area contributed by atoms with Crippen molar-refractivity contribution in [2.75, 3.05) is 12.3 Å². The summed E-state index contributed by atoms with van der Waals surface area (Å²) in [6, 6.07) is 3.09. The number of hydrogen-bond donors (Lipinski definition) is 3. The second kappa shape index (κ2) is 7.98. The van der Waals surface area contributed by atoms with Gasteiger partial charge in [-0.3, -0.25) is 19.3 Å². The Hall–Kier alpha value is -1.37. The minimum Gasteiger partial charge on any atom is -0.399 e. The van der Waals surface area contributed by atoms with E-state index in [4.69, 9.17) is 15.2 Å². The summed E-state index contributed by atoms with van der Waals surface area (Å²) in [6.07, 6.45) is 1.47. The highest BCUT2D eigenvalue weighted by molar-refractivity contribution is 6.04. The van der Waals surface area contributed by atoms with E-state index >= 15 is 0 Å². The van der Waals surface area contributed by atoms with Crippen molar-refractivity contribution in [3.63, 3.8) is 0 Å². The molecule has 0 spiro atoms. The topological polar surface area (TPSA) is 97.5 Å². The predicted molar refractivity (Wildman–Crippen MR) is 55.8 cm³/mol. The molecule has 7 heteroatoms. The van der Waals surface area contributed by atoms with Crippen molar-refractivity contribution in [2.24, 2.45) is 0 Å². The highest BCUT2D eigenvalue weighted by Crippen LogP contribution is 2.02. The number of carbonyl (C=O) groups excluding carboxylic acids is 1. The third-order valence-electron chi connectivity index (χ3n) is 1.33. The van der Waals surface area contributed by atoms with E-state index in [1.54, 1.807) is 13.0 Å². The van der Waals surface area contributed by atoms with Crippen molar-refractivity contribution in [1.29, 1.82) is 0 Å². The van der Waals surface area contributed by atoms with Gasteiger partial charge in [0.25, 0.3) is 5.91 Å². The molecule has 0 radical (unpaired) electrons. The molecule has 84 valence electrons. The van der Waals surface area contributed by atoms with Crippen LogP contribution < -0.4 is 11.2 Å². The third-order valence-corrected chi connectivity index (χ3v) is 1.33. The van der Waals surface area contributed by atoms with Crippen LogP contribution in [0.5, 0.6) is 0 Å². The quantitative estimate of drug-likeness (QED) is 0.660. The van der Waals surface area contributed by atoms with E-state index in [1.165, 1.54) is 12.3 Å². The van der Waals surface area contributed by atoms with Gasteiger partial charge in [-0.15, -0.1) is 0 Å². The van der Waals surface area contributed by atoms with Gasteiger partial charge in [0.1, 0.15) is 5.69 Å². The molecular weight excluding hydrogens is 222 g/mol. The molecule has 0 aliphatic heterocycles. The average molecular weight is 234 g/mol. The zero-order valence-electron chi connectivity index (χ0n) is 8.11. The SMILES string of the molecule is CCONC(=O)c1cc(N)ccn1.OCl. The first-order chi connectivity index (χ1) is 7.24. The van der Waals surface area contributed by atoms with E-state index in [2.05, 4.69) is 22.3 Å². The lowest BCUT2D eigenvalue weighted by Gasteiger charge is -2.02. The maximum Gasteiger partial charge on any atom is 0.293 e. The maximum atomic E-state index is 11.2. The van der Waals surface area contributed by atoms with E-state index in [0.717, 1.165) is 0 Å². The summed E-state index contributed by atoms with van der Waals surface area (Å²) in [5, 5.41) is 0. The van der Waals surface area contributed by atoms with Gasteiger partial charge in [0.2, 0.25) is 0 Å². The van der Waals surface area contributed by atoms with Crippen LogP contribution in [0, 0.1) is 0 Å². The Morgan fingerprint density at radius 3 is 2.93 bits per heavy atom. The molecule has 0 aromatic carbocycles. The minimum atomic E-state index is -0.394. The molecule has 0 aliphatic carbocycles. The van der Waals surface area contributed by atoms with Crippen LogP contribution in [0.3, 0.4) is 0 Å². The first kappa shape index (κ1) is 13.6. The summed E-state index contributed by atoms with van der Waals surface area (Å²) in [5.74, 6) is -0.394. The van der Waals surface area contributed by atoms with E-state index in [-0.39, 0.29) is 5.69 Å². The van der Waals surface area contributed by atoms with Gasteiger partial charge >= 0.3 is 0 Å². The van der Waals surface area contributed by atoms with Gasteiger partial charge in [0.15, 0.2) is 0 Å². The molecule has 4 N–H and O–H groups in total. The molecule has 1 heterocycles. The molecule has 6 nitrogen and oxygen atoms in total. The van der Waals surface area contributed by atoms with Crippen molar-refractivity contribution in [2.45, 2.75) is 6.92 Å². The highest BCUT2D eigenvalue weighted by Gasteiger charge is 2.05. The fraction of sp³-hybridized carbons (Fsp3) is 0.250. The van der Waals surface area contributed by atoms with E-state index in [9.17, 15) is 4.79 Å². The van der Waals surface area contributed by atoms with Crippen LogP contribution in [0.2, 0.25) is 0 Å². The van der Waals surface area contributed by atoms with Crippen molar-refractivity contribution >= 4 is 23.5 Å². The van der Waals surface area contributed by atoms with Gasteiger partial charge in [-0.25, -0.2) is 5.48 Å². The summed E-state index contributed by atoms with van der Waals surface area (Å²) in [5.41, 5.74) is 8.42. The molecule has 1 amide bonds. The number of aromatic nitrogens is 1. The minimum absolute atomic E-state index is 0.244.